The summed E-state index contributed by atoms with van der Waals surface area (Å²) in [4.78, 5) is 11.9. The lowest BCUT2D eigenvalue weighted by Crippen LogP contribution is -2.39. The molecule has 0 aromatic carbocycles. The van der Waals surface area contributed by atoms with E-state index in [1.807, 2.05) is 6.92 Å². The van der Waals surface area contributed by atoms with Crippen LogP contribution in [0.4, 0.5) is 8.78 Å². The Morgan fingerprint density at radius 2 is 1.85 bits per heavy atom. The van der Waals surface area contributed by atoms with Gasteiger partial charge in [0.25, 0.3) is 5.92 Å². The van der Waals surface area contributed by atoms with Crippen LogP contribution in [0.15, 0.2) is 12.2 Å². The third-order valence-corrected chi connectivity index (χ3v) is 7.24. The largest absolute Gasteiger partial charge is 0.462 e. The van der Waals surface area contributed by atoms with Gasteiger partial charge in [-0.3, -0.25) is 4.79 Å². The van der Waals surface area contributed by atoms with Crippen molar-refractivity contribution in [1.29, 1.82) is 0 Å². The summed E-state index contributed by atoms with van der Waals surface area (Å²) in [5, 5.41) is 0. The zero-order valence-electron chi connectivity index (χ0n) is 19.6. The lowest BCUT2D eigenvalue weighted by Gasteiger charge is -2.32. The minimum absolute atomic E-state index is 0.0711. The van der Waals surface area contributed by atoms with E-state index in [9.17, 15) is 4.79 Å². The Labute approximate surface area is 195 Å². The summed E-state index contributed by atoms with van der Waals surface area (Å²) in [5.74, 6) is -3.51. The molecule has 1 aliphatic carbocycles. The Morgan fingerprint density at radius 3 is 2.52 bits per heavy atom. The topological polar surface area (TPSA) is 63.2 Å². The van der Waals surface area contributed by atoms with Gasteiger partial charge in [-0.15, -0.1) is 0 Å². The molecule has 188 valence electrons. The van der Waals surface area contributed by atoms with Gasteiger partial charge in [0.1, 0.15) is 12.2 Å². The second kappa shape index (κ2) is 11.6. The van der Waals surface area contributed by atoms with E-state index in [1.54, 1.807) is 6.08 Å². The van der Waals surface area contributed by atoms with E-state index >= 15 is 8.78 Å². The average molecular weight is 473 g/mol. The predicted molar refractivity (Wildman–Crippen MR) is 117 cm³/mol. The maximum Gasteiger partial charge on any atom is 0.306 e. The van der Waals surface area contributed by atoms with Crippen LogP contribution in [-0.4, -0.2) is 56.0 Å². The van der Waals surface area contributed by atoms with Gasteiger partial charge < -0.3 is 23.7 Å². The van der Waals surface area contributed by atoms with E-state index in [4.69, 9.17) is 23.7 Å². The van der Waals surface area contributed by atoms with Gasteiger partial charge in [0.05, 0.1) is 12.5 Å². The quantitative estimate of drug-likeness (QED) is 0.324. The smallest absolute Gasteiger partial charge is 0.306 e. The van der Waals surface area contributed by atoms with Gasteiger partial charge in [0, 0.05) is 37.9 Å². The number of hydrogen-bond donors (Lipinski definition) is 0. The predicted octanol–water partition coefficient (Wildman–Crippen LogP) is 5.14. The number of rotatable bonds is 10. The van der Waals surface area contributed by atoms with Crippen molar-refractivity contribution >= 4 is 5.97 Å². The Balaban J connectivity index is 1.49. The highest BCUT2D eigenvalue weighted by Gasteiger charge is 2.51. The number of halogens is 2. The number of hydrogen-bond acceptors (Lipinski definition) is 6. The molecular formula is C25H38F2O6. The highest BCUT2D eigenvalue weighted by molar-refractivity contribution is 5.72. The van der Waals surface area contributed by atoms with Crippen LogP contribution in [-0.2, 0) is 28.5 Å². The Morgan fingerprint density at radius 1 is 1.12 bits per heavy atom. The number of carbonyl (C=O) groups is 1. The first-order valence-corrected chi connectivity index (χ1v) is 12.8. The number of fused-ring (bicyclic) bond motifs is 1. The van der Waals surface area contributed by atoms with Crippen LogP contribution in [0.2, 0.25) is 0 Å². The minimum Gasteiger partial charge on any atom is -0.462 e. The van der Waals surface area contributed by atoms with Gasteiger partial charge in [-0.05, 0) is 44.9 Å². The Hall–Kier alpha value is -1.09. The highest BCUT2D eigenvalue weighted by atomic mass is 19.3. The van der Waals surface area contributed by atoms with Crippen molar-refractivity contribution in [3.8, 4) is 0 Å². The van der Waals surface area contributed by atoms with Crippen LogP contribution in [0.25, 0.3) is 0 Å². The number of alkyl halides is 2. The molecule has 4 rings (SSSR count). The van der Waals surface area contributed by atoms with Crippen LogP contribution < -0.4 is 0 Å². The molecule has 1 saturated carbocycles. The summed E-state index contributed by atoms with van der Waals surface area (Å²) in [6, 6.07) is 0. The monoisotopic (exact) mass is 472 g/mol. The van der Waals surface area contributed by atoms with Crippen molar-refractivity contribution in [2.75, 3.05) is 13.2 Å². The molecule has 8 heteroatoms. The van der Waals surface area contributed by atoms with Crippen LogP contribution in [0.5, 0.6) is 0 Å². The summed E-state index contributed by atoms with van der Waals surface area (Å²) in [6.07, 6.45) is 7.59. The van der Waals surface area contributed by atoms with Crippen molar-refractivity contribution in [3.05, 3.63) is 12.2 Å². The molecule has 3 heterocycles. The first-order valence-electron chi connectivity index (χ1n) is 12.8. The standard InChI is InChI=1S/C25H38F2O6/c1-2-3-12-25(26,27)21(33-24-9-5-7-14-30-24)11-10-17-18-15-22(28)31-20(18)16-19(17)32-23-8-4-6-13-29-23/h10-11,17-21,23-24H,2-9,12-16H2,1H3/b11-10+/t17-,18+,19+,20-,21-,23?,24?/m1/s1. The Bertz CT molecular complexity index is 659. The third-order valence-electron chi connectivity index (χ3n) is 7.24. The Kier molecular flexibility index (Phi) is 8.76. The number of ether oxygens (including phenoxy) is 5. The molecule has 0 bridgehead atoms. The SMILES string of the molecule is CCCCC(F)(F)[C@@H](/C=C/[C@@H]1[C@@H]2CC(=O)O[C@@H]2C[C@@H]1OC1CCCCO1)OC1CCCCO1. The first kappa shape index (κ1) is 25.0. The molecule has 0 amide bonds. The van der Waals surface area contributed by atoms with Gasteiger partial charge in [0.15, 0.2) is 12.6 Å². The highest BCUT2D eigenvalue weighted by Crippen LogP contribution is 2.44. The summed E-state index contributed by atoms with van der Waals surface area (Å²) in [7, 11) is 0. The zero-order valence-corrected chi connectivity index (χ0v) is 19.6. The summed E-state index contributed by atoms with van der Waals surface area (Å²) in [6.45, 7) is 3.10. The molecule has 4 fully saturated rings. The average Bonchev–Trinajstić information content (AvgIpc) is 3.32. The molecule has 4 aliphatic rings. The van der Waals surface area contributed by atoms with E-state index in [0.717, 1.165) is 32.1 Å². The first-order chi connectivity index (χ1) is 16.0. The summed E-state index contributed by atoms with van der Waals surface area (Å²) >= 11 is 0. The molecule has 7 atom stereocenters. The molecule has 0 N–H and O–H groups in total. The maximum absolute atomic E-state index is 15.1. The normalized spacial score (nSPS) is 36.2. The molecule has 0 spiro atoms. The van der Waals surface area contributed by atoms with E-state index in [-0.39, 0.29) is 49.1 Å². The fourth-order valence-corrected chi connectivity index (χ4v) is 5.37. The number of carbonyl (C=O) groups excluding carboxylic acids is 1. The molecular weight excluding hydrogens is 434 g/mol. The summed E-state index contributed by atoms with van der Waals surface area (Å²) < 4.78 is 59.2. The fraction of sp³-hybridized carbons (Fsp3) is 0.880. The van der Waals surface area contributed by atoms with Crippen molar-refractivity contribution in [2.45, 2.75) is 114 Å². The minimum atomic E-state index is -3.00. The third kappa shape index (κ3) is 6.53. The molecule has 33 heavy (non-hydrogen) atoms. The van der Waals surface area contributed by atoms with Crippen LogP contribution in [0.1, 0.15) is 77.6 Å². The van der Waals surface area contributed by atoms with Gasteiger partial charge in [-0.2, -0.15) is 0 Å². The van der Waals surface area contributed by atoms with E-state index in [2.05, 4.69) is 0 Å². The molecule has 3 aliphatic heterocycles. The molecule has 2 unspecified atom stereocenters. The van der Waals surface area contributed by atoms with E-state index < -0.39 is 18.3 Å². The molecule has 0 aromatic heterocycles. The molecule has 6 nitrogen and oxygen atoms in total. The van der Waals surface area contributed by atoms with Crippen molar-refractivity contribution < 1.29 is 37.3 Å². The van der Waals surface area contributed by atoms with Gasteiger partial charge in [0.2, 0.25) is 0 Å². The van der Waals surface area contributed by atoms with Gasteiger partial charge in [-0.1, -0.05) is 25.5 Å². The summed E-state index contributed by atoms with van der Waals surface area (Å²) in [5.41, 5.74) is 0. The van der Waals surface area contributed by atoms with E-state index in [1.165, 1.54) is 6.08 Å². The van der Waals surface area contributed by atoms with Crippen LogP contribution >= 0.6 is 0 Å². The second-order valence-electron chi connectivity index (χ2n) is 9.78. The maximum atomic E-state index is 15.1. The number of unbranched alkanes of at least 4 members (excludes halogenated alkanes) is 1. The lowest BCUT2D eigenvalue weighted by molar-refractivity contribution is -0.227. The molecule has 3 saturated heterocycles. The van der Waals surface area contributed by atoms with Gasteiger partial charge in [-0.25, -0.2) is 8.78 Å². The molecule has 0 radical (unpaired) electrons. The zero-order chi connectivity index (χ0) is 23.3. The second-order valence-corrected chi connectivity index (χ2v) is 9.78. The molecule has 0 aromatic rings. The van der Waals surface area contributed by atoms with Crippen molar-refractivity contribution in [1.82, 2.24) is 0 Å². The van der Waals surface area contributed by atoms with Crippen LogP contribution in [0.3, 0.4) is 0 Å². The van der Waals surface area contributed by atoms with Crippen molar-refractivity contribution in [2.24, 2.45) is 11.8 Å². The van der Waals surface area contributed by atoms with Crippen molar-refractivity contribution in [3.63, 3.8) is 0 Å². The van der Waals surface area contributed by atoms with Crippen LogP contribution in [0, 0.1) is 11.8 Å². The number of esters is 1. The van der Waals surface area contributed by atoms with E-state index in [0.29, 0.717) is 38.9 Å². The fourth-order valence-electron chi connectivity index (χ4n) is 5.37. The van der Waals surface area contributed by atoms with Gasteiger partial charge >= 0.3 is 5.97 Å². The lowest BCUT2D eigenvalue weighted by atomic mass is 9.90.